The van der Waals surface area contributed by atoms with Crippen molar-refractivity contribution in [1.29, 1.82) is 0 Å². The minimum absolute atomic E-state index is 0.118. The standard InChI is InChI=1S/C42H32N2O6/c45-33(25-3-1-5-31(21-25)43-39(47)35-27-13-14-28(19-27)36(35)40(43)48)17-11-23-7-9-24(10-8-23)12-18-34(46)26-4-2-6-32(22-26)44-41(49)37-29-15-16-30(20-29)38(37)42(44)50/h1-18,21-22,27-30,35-38H,19-20H2/b17-11+,18-12+/t27-,28-,29-,30-,35+,36+,37+,38+/m0/s1. The van der Waals surface area contributed by atoms with E-state index in [4.69, 9.17) is 0 Å². The molecule has 246 valence electrons. The molecule has 2 saturated carbocycles. The van der Waals surface area contributed by atoms with Gasteiger partial charge in [-0.2, -0.15) is 0 Å². The Balaban J connectivity index is 0.841. The van der Waals surface area contributed by atoms with Crippen molar-refractivity contribution in [2.45, 2.75) is 12.8 Å². The number of amides is 4. The van der Waals surface area contributed by atoms with Crippen LogP contribution in [0.3, 0.4) is 0 Å². The predicted molar refractivity (Wildman–Crippen MR) is 186 cm³/mol. The number of hydrogen-bond acceptors (Lipinski definition) is 6. The van der Waals surface area contributed by atoms with Crippen molar-refractivity contribution in [1.82, 2.24) is 0 Å². The van der Waals surface area contributed by atoms with Crippen LogP contribution in [0, 0.1) is 47.3 Å². The molecule has 0 spiro atoms. The zero-order valence-corrected chi connectivity index (χ0v) is 26.9. The van der Waals surface area contributed by atoms with Crippen LogP contribution in [0.5, 0.6) is 0 Å². The minimum Gasteiger partial charge on any atom is -0.289 e. The molecule has 8 heteroatoms. The van der Waals surface area contributed by atoms with Crippen LogP contribution < -0.4 is 9.80 Å². The van der Waals surface area contributed by atoms with E-state index in [1.807, 2.05) is 24.3 Å². The fourth-order valence-electron chi connectivity index (χ4n) is 9.16. The highest BCUT2D eigenvalue weighted by atomic mass is 16.2. The Morgan fingerprint density at radius 2 is 0.840 bits per heavy atom. The van der Waals surface area contributed by atoms with Crippen LogP contribution in [-0.2, 0) is 19.2 Å². The highest BCUT2D eigenvalue weighted by molar-refractivity contribution is 6.24. The van der Waals surface area contributed by atoms with Crippen LogP contribution >= 0.6 is 0 Å². The van der Waals surface area contributed by atoms with Crippen LogP contribution in [0.15, 0.2) is 109 Å². The highest BCUT2D eigenvalue weighted by Crippen LogP contribution is 2.54. The Bertz CT molecular complexity index is 1950. The summed E-state index contributed by atoms with van der Waals surface area (Å²) in [4.78, 5) is 81.6. The van der Waals surface area contributed by atoms with Crippen LogP contribution in [0.4, 0.5) is 11.4 Å². The maximum absolute atomic E-state index is 13.2. The van der Waals surface area contributed by atoms with Gasteiger partial charge < -0.3 is 0 Å². The molecule has 6 aliphatic rings. The van der Waals surface area contributed by atoms with Gasteiger partial charge >= 0.3 is 0 Å². The number of carbonyl (C=O) groups excluding carboxylic acids is 6. The third-order valence-electron chi connectivity index (χ3n) is 11.5. The quantitative estimate of drug-likeness (QED) is 0.125. The van der Waals surface area contributed by atoms with Crippen molar-refractivity contribution >= 4 is 58.7 Å². The van der Waals surface area contributed by atoms with Crippen LogP contribution in [0.1, 0.15) is 44.7 Å². The molecule has 4 fully saturated rings. The van der Waals surface area contributed by atoms with Gasteiger partial charge in [-0.3, -0.25) is 28.8 Å². The molecule has 4 aliphatic carbocycles. The number of allylic oxidation sites excluding steroid dienone is 6. The van der Waals surface area contributed by atoms with E-state index in [1.165, 1.54) is 22.0 Å². The van der Waals surface area contributed by atoms with Crippen molar-refractivity contribution < 1.29 is 28.8 Å². The molecule has 3 aromatic rings. The number of imide groups is 2. The monoisotopic (exact) mass is 660 g/mol. The lowest BCUT2D eigenvalue weighted by atomic mass is 9.85. The van der Waals surface area contributed by atoms with Crippen molar-refractivity contribution in [3.8, 4) is 0 Å². The molecule has 9 rings (SSSR count). The smallest absolute Gasteiger partial charge is 0.238 e. The number of rotatable bonds is 8. The van der Waals surface area contributed by atoms with Crippen molar-refractivity contribution in [2.75, 3.05) is 9.80 Å². The fraction of sp³-hybridized carbons (Fsp3) is 0.238. The molecule has 8 nitrogen and oxygen atoms in total. The first-order valence-electron chi connectivity index (χ1n) is 17.1. The van der Waals surface area contributed by atoms with Crippen LogP contribution in [-0.4, -0.2) is 35.2 Å². The van der Waals surface area contributed by atoms with Gasteiger partial charge in [0.15, 0.2) is 11.6 Å². The first-order valence-corrected chi connectivity index (χ1v) is 17.1. The van der Waals surface area contributed by atoms with E-state index in [-0.39, 0.29) is 82.5 Å². The number of fused-ring (bicyclic) bond motifs is 10. The van der Waals surface area contributed by atoms with Gasteiger partial charge in [0.25, 0.3) is 0 Å². The van der Waals surface area contributed by atoms with Crippen LogP contribution in [0.25, 0.3) is 12.2 Å². The van der Waals surface area contributed by atoms with E-state index in [2.05, 4.69) is 24.3 Å². The summed E-state index contributed by atoms with van der Waals surface area (Å²) in [5.41, 5.74) is 3.17. The summed E-state index contributed by atoms with van der Waals surface area (Å²) in [5, 5.41) is 0. The lowest BCUT2D eigenvalue weighted by Crippen LogP contribution is -2.32. The molecular formula is C42H32N2O6. The molecule has 4 bridgehead atoms. The number of benzene rings is 3. The summed E-state index contributed by atoms with van der Waals surface area (Å²) < 4.78 is 0. The molecule has 8 atom stereocenters. The topological polar surface area (TPSA) is 109 Å². The maximum atomic E-state index is 13.2. The van der Waals surface area contributed by atoms with Gasteiger partial charge in [0.05, 0.1) is 35.0 Å². The predicted octanol–water partition coefficient (Wildman–Crippen LogP) is 6.10. The van der Waals surface area contributed by atoms with Gasteiger partial charge in [0.1, 0.15) is 0 Å². The molecule has 3 aromatic carbocycles. The van der Waals surface area contributed by atoms with E-state index in [9.17, 15) is 28.8 Å². The second-order valence-electron chi connectivity index (χ2n) is 14.2. The zero-order chi connectivity index (χ0) is 34.3. The fourth-order valence-corrected chi connectivity index (χ4v) is 9.16. The number of nitrogens with zero attached hydrogens (tertiary/aromatic N) is 2. The molecule has 2 heterocycles. The Kier molecular flexibility index (Phi) is 6.91. The Morgan fingerprint density at radius 3 is 1.18 bits per heavy atom. The zero-order valence-electron chi connectivity index (χ0n) is 26.9. The molecule has 50 heavy (non-hydrogen) atoms. The largest absolute Gasteiger partial charge is 0.289 e. The molecule has 2 saturated heterocycles. The highest BCUT2D eigenvalue weighted by Gasteiger charge is 2.60. The van der Waals surface area contributed by atoms with E-state index in [1.54, 1.807) is 60.7 Å². The van der Waals surface area contributed by atoms with E-state index in [0.29, 0.717) is 22.5 Å². The van der Waals surface area contributed by atoms with Gasteiger partial charge in [-0.25, -0.2) is 9.80 Å². The van der Waals surface area contributed by atoms with Crippen molar-refractivity contribution in [2.24, 2.45) is 47.3 Å². The Hall–Kier alpha value is -5.76. The van der Waals surface area contributed by atoms with Gasteiger partial charge in [0, 0.05) is 11.1 Å². The van der Waals surface area contributed by atoms with Crippen molar-refractivity contribution in [3.05, 3.63) is 132 Å². The number of carbonyl (C=O) groups is 6. The lowest BCUT2D eigenvalue weighted by Gasteiger charge is -2.17. The first kappa shape index (κ1) is 30.3. The summed E-state index contributed by atoms with van der Waals surface area (Å²) in [6.45, 7) is 0. The average Bonchev–Trinajstić information content (AvgIpc) is 3.99. The molecule has 2 aliphatic heterocycles. The van der Waals surface area contributed by atoms with Crippen molar-refractivity contribution in [3.63, 3.8) is 0 Å². The van der Waals surface area contributed by atoms with Gasteiger partial charge in [-0.1, -0.05) is 85.0 Å². The summed E-state index contributed by atoms with van der Waals surface area (Å²) in [6.07, 6.45) is 16.2. The number of anilines is 2. The molecule has 0 unspecified atom stereocenters. The molecule has 4 amide bonds. The minimum atomic E-state index is -0.300. The summed E-state index contributed by atoms with van der Waals surface area (Å²) in [5.74, 6) is -1.95. The first-order chi connectivity index (χ1) is 24.3. The summed E-state index contributed by atoms with van der Waals surface area (Å²) >= 11 is 0. The van der Waals surface area contributed by atoms with Gasteiger partial charge in [-0.15, -0.1) is 0 Å². The number of ketones is 2. The average molecular weight is 661 g/mol. The van der Waals surface area contributed by atoms with E-state index < -0.39 is 0 Å². The molecule has 0 N–H and O–H groups in total. The van der Waals surface area contributed by atoms with E-state index >= 15 is 0 Å². The SMILES string of the molecule is O=C(/C=C/c1ccc(/C=C/C(=O)c2cccc(N3C(=O)[C@H]4[C@H](C3=O)[C@H]3C=C[C@H]4C3)c2)cc1)c1cccc(N2C(=O)[C@H]3[C@H](C2=O)[C@H]2C=C[C@H]3C2)c1. The third-order valence-corrected chi connectivity index (χ3v) is 11.5. The molecule has 0 aromatic heterocycles. The summed E-state index contributed by atoms with van der Waals surface area (Å²) in [7, 11) is 0. The Morgan fingerprint density at radius 1 is 0.500 bits per heavy atom. The second kappa shape index (κ2) is 11.4. The van der Waals surface area contributed by atoms with Gasteiger partial charge in [-0.05, 0) is 84.1 Å². The second-order valence-corrected chi connectivity index (χ2v) is 14.2. The normalized spacial score (nSPS) is 30.2. The molecular weight excluding hydrogens is 628 g/mol. The van der Waals surface area contributed by atoms with E-state index in [0.717, 1.165) is 24.0 Å². The summed E-state index contributed by atoms with van der Waals surface area (Å²) in [6, 6.07) is 20.6. The lowest BCUT2D eigenvalue weighted by molar-refractivity contribution is -0.124. The van der Waals surface area contributed by atoms with Gasteiger partial charge in [0.2, 0.25) is 23.6 Å². The van der Waals surface area contributed by atoms with Crippen LogP contribution in [0.2, 0.25) is 0 Å². The molecule has 0 radical (unpaired) electrons. The number of hydrogen-bond donors (Lipinski definition) is 0. The third kappa shape index (κ3) is 4.65. The maximum Gasteiger partial charge on any atom is 0.238 e. The Labute approximate surface area is 288 Å².